The van der Waals surface area contributed by atoms with Crippen molar-refractivity contribution in [2.75, 3.05) is 6.61 Å². The van der Waals surface area contributed by atoms with E-state index in [1.165, 1.54) is 16.7 Å². The van der Waals surface area contributed by atoms with Crippen LogP contribution in [0, 0.1) is 0 Å². The quantitative estimate of drug-likeness (QED) is 0.790. The highest BCUT2D eigenvalue weighted by Gasteiger charge is 2.24. The van der Waals surface area contributed by atoms with Gasteiger partial charge in [-0.25, -0.2) is 0 Å². The van der Waals surface area contributed by atoms with Gasteiger partial charge in [0, 0.05) is 12.1 Å². The van der Waals surface area contributed by atoms with Gasteiger partial charge < -0.3 is 15.5 Å². The molecule has 1 aliphatic rings. The number of aliphatic hydroxyl groups is 1. The van der Waals surface area contributed by atoms with Crippen molar-refractivity contribution in [3.05, 3.63) is 65.2 Å². The fourth-order valence-electron chi connectivity index (χ4n) is 3.14. The third-order valence-corrected chi connectivity index (χ3v) is 4.19. The SMILES string of the molecule is OCC(Cc1ccccc1)NC1CCc2cc(O)ccc21. The Morgan fingerprint density at radius 2 is 1.95 bits per heavy atom. The van der Waals surface area contributed by atoms with E-state index in [0.717, 1.165) is 19.3 Å². The molecule has 2 unspecified atom stereocenters. The fraction of sp³-hybridized carbons (Fsp3) is 0.333. The number of phenolic OH excluding ortho intramolecular Hbond substituents is 1. The molecule has 0 heterocycles. The minimum atomic E-state index is 0.0529. The van der Waals surface area contributed by atoms with Crippen LogP contribution in [-0.2, 0) is 12.8 Å². The first kappa shape index (κ1) is 14.1. The van der Waals surface area contributed by atoms with Crippen LogP contribution in [0.1, 0.15) is 29.2 Å². The van der Waals surface area contributed by atoms with Crippen LogP contribution in [0.5, 0.6) is 5.75 Å². The number of aliphatic hydroxyl groups excluding tert-OH is 1. The van der Waals surface area contributed by atoms with Crippen LogP contribution in [0.2, 0.25) is 0 Å². The summed E-state index contributed by atoms with van der Waals surface area (Å²) in [4.78, 5) is 0. The van der Waals surface area contributed by atoms with Gasteiger partial charge in [0.05, 0.1) is 6.61 Å². The highest BCUT2D eigenvalue weighted by molar-refractivity contribution is 5.40. The molecular weight excluding hydrogens is 262 g/mol. The molecule has 0 radical (unpaired) electrons. The van der Waals surface area contributed by atoms with Gasteiger partial charge in [-0.2, -0.15) is 0 Å². The Morgan fingerprint density at radius 1 is 1.14 bits per heavy atom. The van der Waals surface area contributed by atoms with E-state index in [2.05, 4.69) is 17.4 Å². The topological polar surface area (TPSA) is 52.5 Å². The van der Waals surface area contributed by atoms with Crippen molar-refractivity contribution < 1.29 is 10.2 Å². The molecule has 1 aliphatic carbocycles. The lowest BCUT2D eigenvalue weighted by Crippen LogP contribution is -2.36. The van der Waals surface area contributed by atoms with Gasteiger partial charge >= 0.3 is 0 Å². The third-order valence-electron chi connectivity index (χ3n) is 4.19. The van der Waals surface area contributed by atoms with E-state index in [0.29, 0.717) is 5.75 Å². The van der Waals surface area contributed by atoms with E-state index in [4.69, 9.17) is 0 Å². The van der Waals surface area contributed by atoms with E-state index >= 15 is 0 Å². The number of aromatic hydroxyl groups is 1. The van der Waals surface area contributed by atoms with Crippen molar-refractivity contribution >= 4 is 0 Å². The smallest absolute Gasteiger partial charge is 0.115 e. The number of fused-ring (bicyclic) bond motifs is 1. The van der Waals surface area contributed by atoms with Crippen LogP contribution < -0.4 is 5.32 Å². The van der Waals surface area contributed by atoms with Gasteiger partial charge in [-0.05, 0) is 48.1 Å². The molecule has 21 heavy (non-hydrogen) atoms. The standard InChI is InChI=1S/C18H21NO2/c20-12-15(10-13-4-2-1-3-5-13)19-18-9-6-14-11-16(21)7-8-17(14)18/h1-5,7-8,11,15,18-21H,6,9-10,12H2. The van der Waals surface area contributed by atoms with Crippen LogP contribution in [0.15, 0.2) is 48.5 Å². The van der Waals surface area contributed by atoms with Crippen LogP contribution in [0.3, 0.4) is 0 Å². The van der Waals surface area contributed by atoms with E-state index in [9.17, 15) is 10.2 Å². The van der Waals surface area contributed by atoms with Gasteiger partial charge in [0.1, 0.15) is 5.75 Å². The highest BCUT2D eigenvalue weighted by atomic mass is 16.3. The largest absolute Gasteiger partial charge is 0.508 e. The van der Waals surface area contributed by atoms with Crippen molar-refractivity contribution in [3.63, 3.8) is 0 Å². The van der Waals surface area contributed by atoms with Gasteiger partial charge in [-0.3, -0.25) is 0 Å². The lowest BCUT2D eigenvalue weighted by Gasteiger charge is -2.22. The lowest BCUT2D eigenvalue weighted by molar-refractivity contribution is 0.230. The maximum atomic E-state index is 9.64. The molecule has 3 nitrogen and oxygen atoms in total. The Bertz CT molecular complexity index is 597. The summed E-state index contributed by atoms with van der Waals surface area (Å²) in [5.41, 5.74) is 3.69. The van der Waals surface area contributed by atoms with E-state index in [-0.39, 0.29) is 18.7 Å². The molecule has 2 atom stereocenters. The van der Waals surface area contributed by atoms with Crippen molar-refractivity contribution in [2.24, 2.45) is 0 Å². The summed E-state index contributed by atoms with van der Waals surface area (Å²) in [6.07, 6.45) is 2.82. The summed E-state index contributed by atoms with van der Waals surface area (Å²) < 4.78 is 0. The molecule has 3 N–H and O–H groups in total. The van der Waals surface area contributed by atoms with E-state index in [1.807, 2.05) is 30.3 Å². The minimum Gasteiger partial charge on any atom is -0.508 e. The van der Waals surface area contributed by atoms with Gasteiger partial charge in [-0.1, -0.05) is 36.4 Å². The number of hydrogen-bond donors (Lipinski definition) is 3. The zero-order valence-corrected chi connectivity index (χ0v) is 12.0. The summed E-state index contributed by atoms with van der Waals surface area (Å²) in [5, 5.41) is 22.7. The second-order valence-electron chi connectivity index (χ2n) is 5.71. The summed E-state index contributed by atoms with van der Waals surface area (Å²) in [6, 6.07) is 16.1. The van der Waals surface area contributed by atoms with Crippen LogP contribution in [-0.4, -0.2) is 22.9 Å². The van der Waals surface area contributed by atoms with Gasteiger partial charge in [0.15, 0.2) is 0 Å². The second kappa shape index (κ2) is 6.29. The maximum absolute atomic E-state index is 9.64. The average Bonchev–Trinajstić information content (AvgIpc) is 2.89. The second-order valence-corrected chi connectivity index (χ2v) is 5.71. The zero-order valence-electron chi connectivity index (χ0n) is 12.0. The molecule has 2 aromatic rings. The summed E-state index contributed by atoms with van der Waals surface area (Å²) in [5.74, 6) is 0.331. The van der Waals surface area contributed by atoms with Gasteiger partial charge in [0.25, 0.3) is 0 Å². The predicted octanol–water partition coefficient (Wildman–Crippen LogP) is 2.57. The molecule has 0 amide bonds. The first-order chi connectivity index (χ1) is 10.3. The Balaban J connectivity index is 1.69. The lowest BCUT2D eigenvalue weighted by atomic mass is 10.0. The monoisotopic (exact) mass is 283 g/mol. The van der Waals surface area contributed by atoms with Crippen molar-refractivity contribution in [1.29, 1.82) is 0 Å². The van der Waals surface area contributed by atoms with Gasteiger partial charge in [-0.15, -0.1) is 0 Å². The maximum Gasteiger partial charge on any atom is 0.115 e. The number of hydrogen-bond acceptors (Lipinski definition) is 3. The average molecular weight is 283 g/mol. The molecule has 110 valence electrons. The van der Waals surface area contributed by atoms with Crippen LogP contribution in [0.25, 0.3) is 0 Å². The first-order valence-electron chi connectivity index (χ1n) is 7.49. The molecule has 0 aromatic heterocycles. The predicted molar refractivity (Wildman–Crippen MR) is 83.3 cm³/mol. The van der Waals surface area contributed by atoms with Crippen molar-refractivity contribution in [3.8, 4) is 5.75 Å². The zero-order chi connectivity index (χ0) is 14.7. The Hall–Kier alpha value is -1.84. The third kappa shape index (κ3) is 3.26. The normalized spacial score (nSPS) is 18.4. The molecule has 0 bridgehead atoms. The van der Waals surface area contributed by atoms with E-state index in [1.54, 1.807) is 6.07 Å². The summed E-state index contributed by atoms with van der Waals surface area (Å²) >= 11 is 0. The number of aryl methyl sites for hydroxylation is 1. The summed E-state index contributed by atoms with van der Waals surface area (Å²) in [6.45, 7) is 0.124. The molecule has 0 spiro atoms. The molecule has 0 saturated carbocycles. The van der Waals surface area contributed by atoms with Gasteiger partial charge in [0.2, 0.25) is 0 Å². The number of rotatable bonds is 5. The molecule has 0 saturated heterocycles. The molecule has 2 aromatic carbocycles. The minimum absolute atomic E-state index is 0.0529. The fourth-order valence-corrected chi connectivity index (χ4v) is 3.14. The van der Waals surface area contributed by atoms with Crippen LogP contribution >= 0.6 is 0 Å². The molecular formula is C18H21NO2. The van der Waals surface area contributed by atoms with E-state index < -0.39 is 0 Å². The number of phenols is 1. The molecule has 0 fully saturated rings. The number of benzene rings is 2. The Kier molecular flexibility index (Phi) is 4.23. The van der Waals surface area contributed by atoms with Crippen molar-refractivity contribution in [1.82, 2.24) is 5.32 Å². The molecule has 3 rings (SSSR count). The number of nitrogens with one attached hydrogen (secondary N) is 1. The molecule has 0 aliphatic heterocycles. The Labute approximate surface area is 125 Å². The first-order valence-corrected chi connectivity index (χ1v) is 7.49. The van der Waals surface area contributed by atoms with Crippen LogP contribution in [0.4, 0.5) is 0 Å². The Morgan fingerprint density at radius 3 is 2.71 bits per heavy atom. The molecule has 3 heteroatoms. The highest BCUT2D eigenvalue weighted by Crippen LogP contribution is 2.33. The van der Waals surface area contributed by atoms with Crippen molar-refractivity contribution in [2.45, 2.75) is 31.3 Å². The summed E-state index contributed by atoms with van der Waals surface area (Å²) in [7, 11) is 0.